The topological polar surface area (TPSA) is 34.9 Å². The zero-order chi connectivity index (χ0) is 10.4. The number of aryl methyl sites for hydroxylation is 1. The molecule has 3 nitrogen and oxygen atoms in total. The fourth-order valence-corrected chi connectivity index (χ4v) is 2.28. The van der Waals surface area contributed by atoms with Crippen molar-refractivity contribution in [2.45, 2.75) is 18.8 Å². The predicted octanol–water partition coefficient (Wildman–Crippen LogP) is 2.26. The summed E-state index contributed by atoms with van der Waals surface area (Å²) in [4.78, 5) is 15.5. The Morgan fingerprint density at radius 2 is 2.33 bits per heavy atom. The average Bonchev–Trinajstić information content (AvgIpc) is 3.05. The number of aromatic nitrogens is 2. The molecule has 0 atom stereocenters. The van der Waals surface area contributed by atoms with Crippen molar-refractivity contribution in [3.8, 4) is 0 Å². The summed E-state index contributed by atoms with van der Waals surface area (Å²) in [6.07, 6.45) is 5.14. The van der Waals surface area contributed by atoms with Crippen molar-refractivity contribution in [3.63, 3.8) is 0 Å². The lowest BCUT2D eigenvalue weighted by atomic mass is 10.1. The minimum atomic E-state index is 0.574. The van der Waals surface area contributed by atoms with Crippen LogP contribution >= 0.6 is 0 Å². The van der Waals surface area contributed by atoms with E-state index in [0.29, 0.717) is 5.92 Å². The van der Waals surface area contributed by atoms with Crippen molar-refractivity contribution < 1.29 is 4.79 Å². The quantitative estimate of drug-likeness (QED) is 0.697. The Bertz CT molecular complexity index is 538. The van der Waals surface area contributed by atoms with Crippen LogP contribution in [-0.2, 0) is 7.05 Å². The molecular formula is C12H12N2O. The number of aldehydes is 1. The Balaban J connectivity index is 2.41. The third kappa shape index (κ3) is 1.12. The highest BCUT2D eigenvalue weighted by Gasteiger charge is 2.30. The third-order valence-electron chi connectivity index (χ3n) is 3.11. The molecule has 2 heterocycles. The van der Waals surface area contributed by atoms with Gasteiger partial charge in [-0.05, 0) is 25.0 Å². The Hall–Kier alpha value is -1.64. The van der Waals surface area contributed by atoms with E-state index in [0.717, 1.165) is 22.9 Å². The molecule has 1 fully saturated rings. The Labute approximate surface area is 87.7 Å². The summed E-state index contributed by atoms with van der Waals surface area (Å²) >= 11 is 0. The van der Waals surface area contributed by atoms with Crippen LogP contribution in [0.3, 0.4) is 0 Å². The van der Waals surface area contributed by atoms with E-state index < -0.39 is 0 Å². The molecule has 0 aromatic carbocycles. The van der Waals surface area contributed by atoms with Crippen LogP contribution in [0.25, 0.3) is 11.0 Å². The molecule has 0 saturated heterocycles. The lowest BCUT2D eigenvalue weighted by Gasteiger charge is -2.01. The monoisotopic (exact) mass is 200 g/mol. The number of hydrogen-bond donors (Lipinski definition) is 0. The average molecular weight is 200 g/mol. The van der Waals surface area contributed by atoms with Gasteiger partial charge in [0.2, 0.25) is 0 Å². The minimum Gasteiger partial charge on any atom is -0.332 e. The highest BCUT2D eigenvalue weighted by molar-refractivity contribution is 5.98. The molecule has 1 saturated carbocycles. The molecule has 1 aliphatic rings. The summed E-state index contributed by atoms with van der Waals surface area (Å²) in [6.45, 7) is 0. The van der Waals surface area contributed by atoms with Gasteiger partial charge in [-0.2, -0.15) is 0 Å². The van der Waals surface area contributed by atoms with Gasteiger partial charge in [0.1, 0.15) is 5.65 Å². The van der Waals surface area contributed by atoms with Crippen LogP contribution in [-0.4, -0.2) is 15.8 Å². The van der Waals surface area contributed by atoms with E-state index >= 15 is 0 Å². The molecule has 0 radical (unpaired) electrons. The van der Waals surface area contributed by atoms with Crippen molar-refractivity contribution in [2.24, 2.45) is 7.05 Å². The van der Waals surface area contributed by atoms with E-state index in [4.69, 9.17) is 0 Å². The number of rotatable bonds is 2. The number of nitrogens with zero attached hydrogens (tertiary/aromatic N) is 2. The first-order valence-electron chi connectivity index (χ1n) is 5.21. The standard InChI is InChI=1S/C12H12N2O/c1-14-11(8-4-5-8)10(7-15)9-3-2-6-13-12(9)14/h2-3,6-8H,4-5H2,1H3. The summed E-state index contributed by atoms with van der Waals surface area (Å²) in [5.74, 6) is 0.574. The minimum absolute atomic E-state index is 0.574. The number of pyridine rings is 1. The highest BCUT2D eigenvalue weighted by atomic mass is 16.1. The maximum absolute atomic E-state index is 11.1. The second kappa shape index (κ2) is 2.92. The maximum Gasteiger partial charge on any atom is 0.152 e. The number of fused-ring (bicyclic) bond motifs is 1. The van der Waals surface area contributed by atoms with E-state index in [-0.39, 0.29) is 0 Å². The lowest BCUT2D eigenvalue weighted by molar-refractivity contribution is 0.112. The zero-order valence-electron chi connectivity index (χ0n) is 8.60. The first-order chi connectivity index (χ1) is 7.33. The Morgan fingerprint density at radius 1 is 1.53 bits per heavy atom. The van der Waals surface area contributed by atoms with Gasteiger partial charge in [-0.1, -0.05) is 0 Å². The first-order valence-corrected chi connectivity index (χ1v) is 5.21. The van der Waals surface area contributed by atoms with Crippen LogP contribution in [0.4, 0.5) is 0 Å². The van der Waals surface area contributed by atoms with Crippen LogP contribution in [0, 0.1) is 0 Å². The third-order valence-corrected chi connectivity index (χ3v) is 3.11. The van der Waals surface area contributed by atoms with Gasteiger partial charge in [-0.3, -0.25) is 4.79 Å². The van der Waals surface area contributed by atoms with E-state index in [1.54, 1.807) is 6.20 Å². The SMILES string of the molecule is Cn1c(C2CC2)c(C=O)c2cccnc21. The Kier molecular flexibility index (Phi) is 1.69. The van der Waals surface area contributed by atoms with E-state index in [1.807, 2.05) is 19.2 Å². The van der Waals surface area contributed by atoms with Crippen molar-refractivity contribution >= 4 is 17.3 Å². The van der Waals surface area contributed by atoms with Gasteiger partial charge >= 0.3 is 0 Å². The summed E-state index contributed by atoms with van der Waals surface area (Å²) in [5.41, 5.74) is 2.92. The molecule has 0 aliphatic heterocycles. The molecule has 1 aliphatic carbocycles. The fraction of sp³-hybridized carbons (Fsp3) is 0.333. The van der Waals surface area contributed by atoms with Gasteiger partial charge in [0, 0.05) is 35.8 Å². The first kappa shape index (κ1) is 8.65. The molecule has 0 unspecified atom stereocenters. The molecule has 0 N–H and O–H groups in total. The molecule has 15 heavy (non-hydrogen) atoms. The van der Waals surface area contributed by atoms with Gasteiger partial charge < -0.3 is 4.57 Å². The molecule has 0 amide bonds. The van der Waals surface area contributed by atoms with E-state index in [1.165, 1.54) is 18.5 Å². The van der Waals surface area contributed by atoms with E-state index in [9.17, 15) is 4.79 Å². The zero-order valence-corrected chi connectivity index (χ0v) is 8.60. The molecular weight excluding hydrogens is 188 g/mol. The molecule has 2 aromatic rings. The van der Waals surface area contributed by atoms with Gasteiger partial charge in [-0.15, -0.1) is 0 Å². The summed E-state index contributed by atoms with van der Waals surface area (Å²) in [7, 11) is 2.00. The summed E-state index contributed by atoms with van der Waals surface area (Å²) in [5, 5.41) is 0.983. The number of hydrogen-bond acceptors (Lipinski definition) is 2. The number of carbonyl (C=O) groups excluding carboxylic acids is 1. The van der Waals surface area contributed by atoms with Crippen LogP contribution in [0.2, 0.25) is 0 Å². The second-order valence-electron chi connectivity index (χ2n) is 4.12. The van der Waals surface area contributed by atoms with Crippen LogP contribution in [0.1, 0.15) is 34.8 Å². The molecule has 3 rings (SSSR count). The largest absolute Gasteiger partial charge is 0.332 e. The summed E-state index contributed by atoms with van der Waals surface area (Å²) < 4.78 is 2.07. The van der Waals surface area contributed by atoms with Crippen molar-refractivity contribution in [1.82, 2.24) is 9.55 Å². The molecule has 0 bridgehead atoms. The second-order valence-corrected chi connectivity index (χ2v) is 4.12. The maximum atomic E-state index is 11.1. The normalized spacial score (nSPS) is 15.8. The molecule has 0 spiro atoms. The molecule has 76 valence electrons. The number of carbonyl (C=O) groups is 1. The smallest absolute Gasteiger partial charge is 0.152 e. The lowest BCUT2D eigenvalue weighted by Crippen LogP contribution is -1.97. The molecule has 3 heteroatoms. The van der Waals surface area contributed by atoms with Crippen molar-refractivity contribution in [1.29, 1.82) is 0 Å². The van der Waals surface area contributed by atoms with Gasteiger partial charge in [-0.25, -0.2) is 4.98 Å². The van der Waals surface area contributed by atoms with Gasteiger partial charge in [0.05, 0.1) is 0 Å². The Morgan fingerprint density at radius 3 is 3.00 bits per heavy atom. The predicted molar refractivity (Wildman–Crippen MR) is 58.1 cm³/mol. The molecule has 2 aromatic heterocycles. The van der Waals surface area contributed by atoms with E-state index in [2.05, 4.69) is 9.55 Å². The van der Waals surface area contributed by atoms with Crippen molar-refractivity contribution in [2.75, 3.05) is 0 Å². The van der Waals surface area contributed by atoms with Crippen LogP contribution in [0.5, 0.6) is 0 Å². The van der Waals surface area contributed by atoms with Crippen LogP contribution in [0.15, 0.2) is 18.3 Å². The van der Waals surface area contributed by atoms with Gasteiger partial charge in [0.25, 0.3) is 0 Å². The van der Waals surface area contributed by atoms with Gasteiger partial charge in [0.15, 0.2) is 6.29 Å². The highest BCUT2D eigenvalue weighted by Crippen LogP contribution is 2.43. The van der Waals surface area contributed by atoms with Crippen molar-refractivity contribution in [3.05, 3.63) is 29.6 Å². The van der Waals surface area contributed by atoms with Crippen LogP contribution < -0.4 is 0 Å². The fourth-order valence-electron chi connectivity index (χ4n) is 2.28. The summed E-state index contributed by atoms with van der Waals surface area (Å²) in [6, 6.07) is 3.85.